The Morgan fingerprint density at radius 2 is 2.05 bits per heavy atom. The van der Waals surface area contributed by atoms with Crippen LogP contribution in [0.4, 0.5) is 0 Å². The molecule has 1 atom stereocenters. The Hall–Kier alpha value is -1.81. The SMILES string of the molecule is CCC(C)CN(C)CCOc1ccc(C=CC(=O)O)cc1. The van der Waals surface area contributed by atoms with E-state index >= 15 is 0 Å². The van der Waals surface area contributed by atoms with Gasteiger partial charge in [0.15, 0.2) is 0 Å². The standard InChI is InChI=1S/C17H25NO3/c1-4-14(2)13-18(3)11-12-21-16-8-5-15(6-9-16)7-10-17(19)20/h5-10,14H,4,11-13H2,1-3H3,(H,19,20). The van der Waals surface area contributed by atoms with Gasteiger partial charge >= 0.3 is 5.97 Å². The molecule has 1 rings (SSSR count). The van der Waals surface area contributed by atoms with Crippen LogP contribution in [0.15, 0.2) is 30.3 Å². The largest absolute Gasteiger partial charge is 0.492 e. The summed E-state index contributed by atoms with van der Waals surface area (Å²) in [5, 5.41) is 8.56. The van der Waals surface area contributed by atoms with Crippen molar-refractivity contribution in [2.75, 3.05) is 26.7 Å². The summed E-state index contributed by atoms with van der Waals surface area (Å²) < 4.78 is 5.69. The summed E-state index contributed by atoms with van der Waals surface area (Å²) in [6, 6.07) is 7.40. The van der Waals surface area contributed by atoms with Gasteiger partial charge in [0.1, 0.15) is 12.4 Å². The Labute approximate surface area is 127 Å². The van der Waals surface area contributed by atoms with Gasteiger partial charge in [0.25, 0.3) is 0 Å². The zero-order valence-electron chi connectivity index (χ0n) is 13.1. The first-order valence-electron chi connectivity index (χ1n) is 7.33. The van der Waals surface area contributed by atoms with Crippen molar-refractivity contribution in [2.24, 2.45) is 5.92 Å². The van der Waals surface area contributed by atoms with E-state index in [4.69, 9.17) is 9.84 Å². The molecule has 1 unspecified atom stereocenters. The van der Waals surface area contributed by atoms with Crippen molar-refractivity contribution in [2.45, 2.75) is 20.3 Å². The summed E-state index contributed by atoms with van der Waals surface area (Å²) in [5.41, 5.74) is 0.846. The van der Waals surface area contributed by atoms with E-state index in [2.05, 4.69) is 25.8 Å². The minimum Gasteiger partial charge on any atom is -0.492 e. The number of rotatable bonds is 9. The zero-order chi connectivity index (χ0) is 15.7. The average molecular weight is 291 g/mol. The lowest BCUT2D eigenvalue weighted by atomic mass is 10.1. The van der Waals surface area contributed by atoms with E-state index in [1.807, 2.05) is 24.3 Å². The van der Waals surface area contributed by atoms with Gasteiger partial charge in [-0.1, -0.05) is 32.4 Å². The maximum absolute atomic E-state index is 10.4. The van der Waals surface area contributed by atoms with Gasteiger partial charge in [0.2, 0.25) is 0 Å². The zero-order valence-corrected chi connectivity index (χ0v) is 13.1. The lowest BCUT2D eigenvalue weighted by molar-refractivity contribution is -0.131. The van der Waals surface area contributed by atoms with Gasteiger partial charge in [-0.2, -0.15) is 0 Å². The number of hydrogen-bond acceptors (Lipinski definition) is 3. The summed E-state index contributed by atoms with van der Waals surface area (Å²) in [4.78, 5) is 12.7. The van der Waals surface area contributed by atoms with Crippen LogP contribution in [0.3, 0.4) is 0 Å². The van der Waals surface area contributed by atoms with E-state index in [9.17, 15) is 4.79 Å². The highest BCUT2D eigenvalue weighted by Crippen LogP contribution is 2.13. The highest BCUT2D eigenvalue weighted by molar-refractivity contribution is 5.85. The van der Waals surface area contributed by atoms with E-state index in [0.29, 0.717) is 12.5 Å². The molecule has 1 N–H and O–H groups in total. The first kappa shape index (κ1) is 17.2. The van der Waals surface area contributed by atoms with Crippen molar-refractivity contribution >= 4 is 12.0 Å². The molecule has 0 aliphatic heterocycles. The van der Waals surface area contributed by atoms with Gasteiger partial charge in [-0.3, -0.25) is 0 Å². The molecule has 1 aromatic rings. The Kier molecular flexibility index (Phi) is 7.54. The predicted molar refractivity (Wildman–Crippen MR) is 85.6 cm³/mol. The first-order chi connectivity index (χ1) is 10.0. The number of ether oxygens (including phenoxy) is 1. The molecule has 0 bridgehead atoms. The lowest BCUT2D eigenvalue weighted by Crippen LogP contribution is -2.28. The molecule has 4 nitrogen and oxygen atoms in total. The molecule has 0 saturated heterocycles. The van der Waals surface area contributed by atoms with Crippen molar-refractivity contribution in [1.29, 1.82) is 0 Å². The second kappa shape index (κ2) is 9.19. The molecule has 0 fully saturated rings. The van der Waals surface area contributed by atoms with Crippen molar-refractivity contribution < 1.29 is 14.6 Å². The van der Waals surface area contributed by atoms with Gasteiger partial charge in [-0.15, -0.1) is 0 Å². The van der Waals surface area contributed by atoms with Crippen LogP contribution >= 0.6 is 0 Å². The number of benzene rings is 1. The van der Waals surface area contributed by atoms with Crippen LogP contribution < -0.4 is 4.74 Å². The average Bonchev–Trinajstić information content (AvgIpc) is 2.46. The second-order valence-corrected chi connectivity index (χ2v) is 5.36. The minimum absolute atomic E-state index is 0.650. The molecule has 1 aromatic carbocycles. The predicted octanol–water partition coefficient (Wildman–Crippen LogP) is 3.14. The molecule has 0 aromatic heterocycles. The number of carboxylic acid groups (broad SMARTS) is 1. The fraction of sp³-hybridized carbons (Fsp3) is 0.471. The van der Waals surface area contributed by atoms with Crippen LogP contribution in [-0.4, -0.2) is 42.7 Å². The third-order valence-corrected chi connectivity index (χ3v) is 3.36. The van der Waals surface area contributed by atoms with Gasteiger partial charge in [0, 0.05) is 19.2 Å². The van der Waals surface area contributed by atoms with Crippen molar-refractivity contribution in [1.82, 2.24) is 4.90 Å². The van der Waals surface area contributed by atoms with E-state index in [-0.39, 0.29) is 0 Å². The summed E-state index contributed by atoms with van der Waals surface area (Å²) in [6.45, 7) is 7.08. The van der Waals surface area contributed by atoms with Crippen LogP contribution in [0.1, 0.15) is 25.8 Å². The molecule has 0 aliphatic carbocycles. The second-order valence-electron chi connectivity index (χ2n) is 5.36. The molecule has 0 heterocycles. The van der Waals surface area contributed by atoms with E-state index in [0.717, 1.165) is 30.5 Å². The third kappa shape index (κ3) is 7.51. The molecular formula is C17H25NO3. The number of likely N-dealkylation sites (N-methyl/N-ethyl adjacent to an activating group) is 1. The maximum atomic E-state index is 10.4. The quantitative estimate of drug-likeness (QED) is 0.710. The number of aliphatic carboxylic acids is 1. The number of carboxylic acids is 1. The third-order valence-electron chi connectivity index (χ3n) is 3.36. The summed E-state index contributed by atoms with van der Waals surface area (Å²) in [7, 11) is 2.11. The Balaban J connectivity index is 2.34. The van der Waals surface area contributed by atoms with E-state index in [1.54, 1.807) is 6.08 Å². The Bertz CT molecular complexity index is 454. The van der Waals surface area contributed by atoms with Crippen molar-refractivity contribution in [3.05, 3.63) is 35.9 Å². The van der Waals surface area contributed by atoms with Gasteiger partial charge < -0.3 is 14.7 Å². The van der Waals surface area contributed by atoms with Crippen molar-refractivity contribution in [3.63, 3.8) is 0 Å². The summed E-state index contributed by atoms with van der Waals surface area (Å²) in [6.07, 6.45) is 3.88. The number of nitrogens with zero attached hydrogens (tertiary/aromatic N) is 1. The van der Waals surface area contributed by atoms with Gasteiger partial charge in [-0.05, 0) is 36.7 Å². The summed E-state index contributed by atoms with van der Waals surface area (Å²) in [5.74, 6) is 0.564. The Morgan fingerprint density at radius 3 is 2.62 bits per heavy atom. The fourth-order valence-electron chi connectivity index (χ4n) is 1.91. The highest BCUT2D eigenvalue weighted by Gasteiger charge is 2.04. The molecule has 0 saturated carbocycles. The molecule has 0 radical (unpaired) electrons. The van der Waals surface area contributed by atoms with Crippen LogP contribution in [0.5, 0.6) is 5.75 Å². The van der Waals surface area contributed by atoms with Crippen LogP contribution in [-0.2, 0) is 4.79 Å². The molecule has 0 spiro atoms. The summed E-state index contributed by atoms with van der Waals surface area (Å²) >= 11 is 0. The molecule has 21 heavy (non-hydrogen) atoms. The van der Waals surface area contributed by atoms with Crippen LogP contribution in [0.2, 0.25) is 0 Å². The molecule has 116 valence electrons. The normalized spacial score (nSPS) is 12.8. The van der Waals surface area contributed by atoms with E-state index in [1.165, 1.54) is 6.42 Å². The van der Waals surface area contributed by atoms with Crippen LogP contribution in [0.25, 0.3) is 6.08 Å². The van der Waals surface area contributed by atoms with Gasteiger partial charge in [0.05, 0.1) is 0 Å². The van der Waals surface area contributed by atoms with Crippen molar-refractivity contribution in [3.8, 4) is 5.75 Å². The fourth-order valence-corrected chi connectivity index (χ4v) is 1.91. The molecule has 0 amide bonds. The first-order valence-corrected chi connectivity index (χ1v) is 7.33. The number of carbonyl (C=O) groups is 1. The highest BCUT2D eigenvalue weighted by atomic mass is 16.5. The van der Waals surface area contributed by atoms with Gasteiger partial charge in [-0.25, -0.2) is 4.79 Å². The molecule has 4 heteroatoms. The number of hydrogen-bond donors (Lipinski definition) is 1. The molecule has 0 aliphatic rings. The lowest BCUT2D eigenvalue weighted by Gasteiger charge is -2.20. The van der Waals surface area contributed by atoms with E-state index < -0.39 is 5.97 Å². The Morgan fingerprint density at radius 1 is 1.38 bits per heavy atom. The molecular weight excluding hydrogens is 266 g/mol. The minimum atomic E-state index is -0.945. The van der Waals surface area contributed by atoms with Crippen LogP contribution in [0, 0.1) is 5.92 Å². The topological polar surface area (TPSA) is 49.8 Å². The smallest absolute Gasteiger partial charge is 0.328 e. The monoisotopic (exact) mass is 291 g/mol. The maximum Gasteiger partial charge on any atom is 0.328 e.